The van der Waals surface area contributed by atoms with Crippen molar-refractivity contribution in [2.75, 3.05) is 6.61 Å². The highest BCUT2D eigenvalue weighted by Crippen LogP contribution is 2.41. The van der Waals surface area contributed by atoms with Gasteiger partial charge >= 0.3 is 5.97 Å². The first-order chi connectivity index (χ1) is 9.15. The number of carbonyl (C=O) groups is 1. The van der Waals surface area contributed by atoms with Gasteiger partial charge in [0.1, 0.15) is 6.61 Å². The van der Waals surface area contributed by atoms with Crippen molar-refractivity contribution in [3.63, 3.8) is 0 Å². The topological polar surface area (TPSA) is 35.5 Å². The van der Waals surface area contributed by atoms with Crippen LogP contribution >= 0.6 is 0 Å². The summed E-state index contributed by atoms with van der Waals surface area (Å²) in [5.41, 5.74) is 0.0190. The van der Waals surface area contributed by atoms with Gasteiger partial charge in [-0.15, -0.1) is 0 Å². The van der Waals surface area contributed by atoms with Gasteiger partial charge in [0, 0.05) is 6.42 Å². The Balaban J connectivity index is 2.47. The summed E-state index contributed by atoms with van der Waals surface area (Å²) < 4.78 is 11.4. The highest BCUT2D eigenvalue weighted by Gasteiger charge is 2.34. The SMILES string of the molecule is CCC(=O)OCC(C)(C)O[C@H](C)[C@@H]1CCCC(C)(C)C1. The fraction of sp³-hybridized carbons (Fsp3) is 0.941. The summed E-state index contributed by atoms with van der Waals surface area (Å²) in [6.07, 6.45) is 5.70. The minimum atomic E-state index is -0.411. The Kier molecular flexibility index (Phi) is 6.06. The quantitative estimate of drug-likeness (QED) is 0.681. The molecule has 0 aromatic heterocycles. The predicted octanol–water partition coefficient (Wildman–Crippen LogP) is 4.34. The third-order valence-corrected chi connectivity index (χ3v) is 4.28. The molecule has 0 N–H and O–H groups in total. The van der Waals surface area contributed by atoms with E-state index in [1.54, 1.807) is 0 Å². The monoisotopic (exact) mass is 284 g/mol. The number of hydrogen-bond acceptors (Lipinski definition) is 3. The molecule has 2 atom stereocenters. The van der Waals surface area contributed by atoms with Crippen LogP contribution in [0.5, 0.6) is 0 Å². The van der Waals surface area contributed by atoms with Crippen LogP contribution in [0.15, 0.2) is 0 Å². The van der Waals surface area contributed by atoms with Crippen molar-refractivity contribution in [1.82, 2.24) is 0 Å². The van der Waals surface area contributed by atoms with E-state index < -0.39 is 5.60 Å². The van der Waals surface area contributed by atoms with Crippen molar-refractivity contribution in [2.24, 2.45) is 11.3 Å². The van der Waals surface area contributed by atoms with Crippen molar-refractivity contribution in [3.05, 3.63) is 0 Å². The summed E-state index contributed by atoms with van der Waals surface area (Å²) in [5.74, 6) is 0.452. The number of carbonyl (C=O) groups excluding carboxylic acids is 1. The molecule has 0 amide bonds. The summed E-state index contributed by atoms with van der Waals surface area (Å²) in [6, 6.07) is 0. The molecule has 118 valence electrons. The van der Waals surface area contributed by atoms with Crippen LogP contribution in [0.25, 0.3) is 0 Å². The van der Waals surface area contributed by atoms with Gasteiger partial charge in [-0.05, 0) is 51.4 Å². The van der Waals surface area contributed by atoms with E-state index in [2.05, 4.69) is 20.8 Å². The molecule has 3 nitrogen and oxygen atoms in total. The lowest BCUT2D eigenvalue weighted by Crippen LogP contribution is -2.40. The molecular formula is C17H32O3. The molecule has 20 heavy (non-hydrogen) atoms. The van der Waals surface area contributed by atoms with Crippen molar-refractivity contribution in [3.8, 4) is 0 Å². The minimum absolute atomic E-state index is 0.159. The van der Waals surface area contributed by atoms with E-state index in [1.165, 1.54) is 25.7 Å². The number of rotatable bonds is 6. The van der Waals surface area contributed by atoms with E-state index in [4.69, 9.17) is 9.47 Å². The van der Waals surface area contributed by atoms with Crippen LogP contribution in [0.2, 0.25) is 0 Å². The van der Waals surface area contributed by atoms with Gasteiger partial charge in [0.05, 0.1) is 11.7 Å². The Hall–Kier alpha value is -0.570. The third-order valence-electron chi connectivity index (χ3n) is 4.28. The molecule has 0 bridgehead atoms. The van der Waals surface area contributed by atoms with Gasteiger partial charge in [-0.25, -0.2) is 0 Å². The lowest BCUT2D eigenvalue weighted by Gasteiger charge is -2.40. The second-order valence-electron chi connectivity index (χ2n) is 7.62. The lowest BCUT2D eigenvalue weighted by atomic mass is 9.71. The van der Waals surface area contributed by atoms with Crippen LogP contribution < -0.4 is 0 Å². The third kappa shape index (κ3) is 5.82. The first-order valence-electron chi connectivity index (χ1n) is 7.99. The summed E-state index contributed by atoms with van der Waals surface area (Å²) >= 11 is 0. The molecule has 1 saturated carbocycles. The Morgan fingerprint density at radius 2 is 2.05 bits per heavy atom. The van der Waals surface area contributed by atoms with Crippen LogP contribution in [0.4, 0.5) is 0 Å². The van der Waals surface area contributed by atoms with Gasteiger partial charge in [-0.3, -0.25) is 4.79 Å². The van der Waals surface area contributed by atoms with Gasteiger partial charge < -0.3 is 9.47 Å². The highest BCUT2D eigenvalue weighted by molar-refractivity contribution is 5.68. The summed E-state index contributed by atoms with van der Waals surface area (Å²) in [5, 5.41) is 0. The fourth-order valence-electron chi connectivity index (χ4n) is 3.15. The van der Waals surface area contributed by atoms with E-state index in [0.717, 1.165) is 0 Å². The van der Waals surface area contributed by atoms with Crippen molar-refractivity contribution in [1.29, 1.82) is 0 Å². The highest BCUT2D eigenvalue weighted by atomic mass is 16.6. The average Bonchev–Trinajstić information content (AvgIpc) is 2.34. The zero-order valence-corrected chi connectivity index (χ0v) is 14.1. The van der Waals surface area contributed by atoms with Gasteiger partial charge in [-0.2, -0.15) is 0 Å². The smallest absolute Gasteiger partial charge is 0.305 e. The second kappa shape index (κ2) is 6.93. The maximum Gasteiger partial charge on any atom is 0.305 e. The lowest BCUT2D eigenvalue weighted by molar-refractivity contribution is -0.161. The maximum absolute atomic E-state index is 11.3. The Morgan fingerprint density at radius 1 is 1.40 bits per heavy atom. The van der Waals surface area contributed by atoms with E-state index in [-0.39, 0.29) is 12.1 Å². The first-order valence-corrected chi connectivity index (χ1v) is 7.99. The van der Waals surface area contributed by atoms with E-state index in [0.29, 0.717) is 24.4 Å². The Morgan fingerprint density at radius 3 is 2.60 bits per heavy atom. The molecule has 0 spiro atoms. The Labute approximate surface area is 124 Å². The molecule has 3 heteroatoms. The minimum Gasteiger partial charge on any atom is -0.463 e. The molecule has 0 radical (unpaired) electrons. The molecule has 1 aliphatic carbocycles. The van der Waals surface area contributed by atoms with Gasteiger partial charge in [0.2, 0.25) is 0 Å². The summed E-state index contributed by atoms with van der Waals surface area (Å²) in [7, 11) is 0. The van der Waals surface area contributed by atoms with Gasteiger partial charge in [0.15, 0.2) is 0 Å². The largest absolute Gasteiger partial charge is 0.463 e. The van der Waals surface area contributed by atoms with E-state index in [9.17, 15) is 4.79 Å². The normalized spacial score (nSPS) is 24.2. The molecular weight excluding hydrogens is 252 g/mol. The molecule has 1 rings (SSSR count). The molecule has 0 saturated heterocycles. The molecule has 0 aromatic carbocycles. The van der Waals surface area contributed by atoms with Crippen LogP contribution in [0, 0.1) is 11.3 Å². The zero-order chi connectivity index (χ0) is 15.4. The van der Waals surface area contributed by atoms with Crippen molar-refractivity contribution < 1.29 is 14.3 Å². The van der Waals surface area contributed by atoms with Gasteiger partial charge in [0.25, 0.3) is 0 Å². The maximum atomic E-state index is 11.3. The summed E-state index contributed by atoms with van der Waals surface area (Å²) in [4.78, 5) is 11.3. The molecule has 0 aromatic rings. The molecule has 0 unspecified atom stereocenters. The molecule has 0 heterocycles. The molecule has 1 aliphatic rings. The van der Waals surface area contributed by atoms with E-state index >= 15 is 0 Å². The fourth-order valence-corrected chi connectivity index (χ4v) is 3.15. The predicted molar refractivity (Wildman–Crippen MR) is 81.6 cm³/mol. The van der Waals surface area contributed by atoms with Crippen LogP contribution in [0.3, 0.4) is 0 Å². The molecule has 1 fully saturated rings. The van der Waals surface area contributed by atoms with Crippen LogP contribution in [-0.2, 0) is 14.3 Å². The van der Waals surface area contributed by atoms with Gasteiger partial charge in [-0.1, -0.05) is 27.2 Å². The first kappa shape index (κ1) is 17.5. The number of esters is 1. The second-order valence-corrected chi connectivity index (χ2v) is 7.62. The van der Waals surface area contributed by atoms with E-state index in [1.807, 2.05) is 20.8 Å². The Bertz CT molecular complexity index is 320. The van der Waals surface area contributed by atoms with Crippen molar-refractivity contribution >= 4 is 5.97 Å². The molecule has 0 aliphatic heterocycles. The van der Waals surface area contributed by atoms with Crippen LogP contribution in [0.1, 0.15) is 73.6 Å². The standard InChI is InChI=1S/C17H32O3/c1-7-15(18)19-12-17(5,6)20-13(2)14-9-8-10-16(3,4)11-14/h13-14H,7-12H2,1-6H3/t13-,14-/m1/s1. The zero-order valence-electron chi connectivity index (χ0n) is 14.1. The average molecular weight is 284 g/mol. The number of ether oxygens (including phenoxy) is 2. The van der Waals surface area contributed by atoms with Crippen molar-refractivity contribution in [2.45, 2.75) is 85.4 Å². The summed E-state index contributed by atoms with van der Waals surface area (Å²) in [6.45, 7) is 13.0. The van der Waals surface area contributed by atoms with Crippen LogP contribution in [-0.4, -0.2) is 24.3 Å². The number of hydrogen-bond donors (Lipinski definition) is 0.